The molecule has 0 aromatic heterocycles. The largest absolute Gasteiger partial charge is 0.399 e. The van der Waals surface area contributed by atoms with Crippen LogP contribution in [0.5, 0.6) is 0 Å². The predicted octanol–water partition coefficient (Wildman–Crippen LogP) is 1.07. The van der Waals surface area contributed by atoms with Crippen molar-refractivity contribution in [1.82, 2.24) is 0 Å². The van der Waals surface area contributed by atoms with Crippen molar-refractivity contribution in [3.8, 4) is 0 Å². The molecular formula is C9H15ClN2O. The average Bonchev–Trinajstić information content (AvgIpc) is 2.16. The van der Waals surface area contributed by atoms with Gasteiger partial charge in [-0.3, -0.25) is 0 Å². The van der Waals surface area contributed by atoms with E-state index in [0.717, 1.165) is 0 Å². The Morgan fingerprint density at radius 2 is 2.23 bits per heavy atom. The molecule has 0 fully saturated rings. The molecule has 0 saturated carbocycles. The lowest BCUT2D eigenvalue weighted by Crippen LogP contribution is -2.06. The first kappa shape index (κ1) is 8.81. The van der Waals surface area contributed by atoms with Crippen LogP contribution < -0.4 is 11.5 Å². The van der Waals surface area contributed by atoms with Gasteiger partial charge in [0.15, 0.2) is 0 Å². The van der Waals surface area contributed by atoms with Crippen LogP contribution in [0.1, 0.15) is 20.8 Å². The summed E-state index contributed by atoms with van der Waals surface area (Å²) in [6, 6.07) is 6.50. The summed E-state index contributed by atoms with van der Waals surface area (Å²) < 4.78 is 14.9. The van der Waals surface area contributed by atoms with E-state index in [1.54, 1.807) is 18.2 Å². The first-order chi connectivity index (χ1) is 6.47. The van der Waals surface area contributed by atoms with Crippen molar-refractivity contribution in [3.63, 3.8) is 0 Å². The second-order valence-corrected chi connectivity index (χ2v) is 2.48. The van der Waals surface area contributed by atoms with Crippen molar-refractivity contribution in [3.05, 3.63) is 29.8 Å². The molecule has 0 saturated heterocycles. The molecule has 13 heavy (non-hydrogen) atoms. The Kier molecular flexibility index (Phi) is 3.93. The second-order valence-electron chi connectivity index (χ2n) is 2.48. The highest BCUT2D eigenvalue weighted by atomic mass is 35.5. The monoisotopic (exact) mass is 204 g/mol. The van der Waals surface area contributed by atoms with Crippen molar-refractivity contribution < 1.29 is 7.85 Å². The quantitative estimate of drug-likeness (QED) is 0.645. The third-order valence-electron chi connectivity index (χ3n) is 1.54. The lowest BCUT2D eigenvalue weighted by atomic mass is 10.1. The maximum absolute atomic E-state index is 9.66. The average molecular weight is 205 g/mol. The van der Waals surface area contributed by atoms with Crippen molar-refractivity contribution >= 4 is 18.1 Å². The van der Waals surface area contributed by atoms with Crippen LogP contribution in [0.3, 0.4) is 0 Å². The summed E-state index contributed by atoms with van der Waals surface area (Å²) in [6.45, 7) is -0.233. The molecule has 3 nitrogen and oxygen atoms in total. The van der Waals surface area contributed by atoms with Gasteiger partial charge in [-0.05, 0) is 30.6 Å². The van der Waals surface area contributed by atoms with E-state index in [2.05, 4.69) is 0 Å². The maximum Gasteiger partial charge on any atom is 0.0802 e. The first-order valence-corrected chi connectivity index (χ1v) is 3.71. The first-order valence-electron chi connectivity index (χ1n) is 4.71. The normalized spacial score (nSPS) is 15.2. The third-order valence-corrected chi connectivity index (χ3v) is 1.54. The van der Waals surface area contributed by atoms with Crippen molar-refractivity contribution in [2.45, 2.75) is 12.5 Å². The van der Waals surface area contributed by atoms with Crippen LogP contribution in [0, 0.1) is 0 Å². The number of hydrogen-bond donors (Lipinski definition) is 3. The highest BCUT2D eigenvalue weighted by Gasteiger charge is 2.05. The standard InChI is InChI=1S/C9H14N2O.ClH/c10-5-4-9(12)7-2-1-3-8(11)6-7;/h1-3,6,9,12H,4-5,10-11H2;1H/i4D2;. The van der Waals surface area contributed by atoms with Crippen LogP contribution >= 0.6 is 12.4 Å². The van der Waals surface area contributed by atoms with Crippen LogP contribution in [-0.2, 0) is 0 Å². The van der Waals surface area contributed by atoms with Gasteiger partial charge >= 0.3 is 0 Å². The van der Waals surface area contributed by atoms with E-state index in [-0.39, 0.29) is 19.0 Å². The molecule has 1 unspecified atom stereocenters. The fourth-order valence-corrected chi connectivity index (χ4v) is 0.959. The van der Waals surface area contributed by atoms with E-state index in [9.17, 15) is 5.11 Å². The molecule has 1 aromatic carbocycles. The predicted molar refractivity (Wildman–Crippen MR) is 56.7 cm³/mol. The zero-order valence-electron chi connectivity index (χ0n) is 9.10. The summed E-state index contributed by atoms with van der Waals surface area (Å²) in [5.41, 5.74) is 11.7. The van der Waals surface area contributed by atoms with Gasteiger partial charge in [-0.15, -0.1) is 12.4 Å². The number of halogens is 1. The summed E-state index contributed by atoms with van der Waals surface area (Å²) in [7, 11) is 0. The molecule has 1 atom stereocenters. The molecule has 0 aliphatic carbocycles. The smallest absolute Gasteiger partial charge is 0.0802 e. The molecule has 0 aliphatic heterocycles. The Balaban J connectivity index is 0.00000196. The van der Waals surface area contributed by atoms with Crippen LogP contribution in [0.15, 0.2) is 24.3 Å². The lowest BCUT2D eigenvalue weighted by molar-refractivity contribution is 0.170. The second kappa shape index (κ2) is 5.80. The van der Waals surface area contributed by atoms with Gasteiger partial charge in [-0.1, -0.05) is 12.1 Å². The number of nitrogens with two attached hydrogens (primary N) is 2. The fraction of sp³-hybridized carbons (Fsp3) is 0.333. The van der Waals surface area contributed by atoms with E-state index in [1.165, 1.54) is 6.07 Å². The van der Waals surface area contributed by atoms with Crippen molar-refractivity contribution in [2.75, 3.05) is 12.3 Å². The molecule has 1 aromatic rings. The molecule has 4 heteroatoms. The van der Waals surface area contributed by atoms with Crippen LogP contribution in [0.4, 0.5) is 5.69 Å². The van der Waals surface area contributed by atoms with Gasteiger partial charge in [-0.2, -0.15) is 0 Å². The van der Waals surface area contributed by atoms with E-state index in [4.69, 9.17) is 14.2 Å². The number of aliphatic hydroxyl groups is 1. The van der Waals surface area contributed by atoms with Crippen LogP contribution in [-0.4, -0.2) is 11.7 Å². The SMILES string of the molecule is Cl.[2H]C([2H])(CN)C(O)c1cccc(N)c1. The molecule has 0 amide bonds. The van der Waals surface area contributed by atoms with Gasteiger partial charge in [0.2, 0.25) is 0 Å². The molecule has 0 spiro atoms. The number of anilines is 1. The van der Waals surface area contributed by atoms with Crippen molar-refractivity contribution in [2.24, 2.45) is 5.73 Å². The highest BCUT2D eigenvalue weighted by Crippen LogP contribution is 2.17. The number of aliphatic hydroxyl groups excluding tert-OH is 1. The lowest BCUT2D eigenvalue weighted by Gasteiger charge is -2.09. The molecule has 0 aliphatic rings. The molecule has 74 valence electrons. The maximum atomic E-state index is 9.66. The van der Waals surface area contributed by atoms with E-state index in [0.29, 0.717) is 11.3 Å². The Morgan fingerprint density at radius 3 is 2.77 bits per heavy atom. The number of hydrogen-bond acceptors (Lipinski definition) is 3. The third kappa shape index (κ3) is 3.63. The van der Waals surface area contributed by atoms with Crippen molar-refractivity contribution in [1.29, 1.82) is 0 Å². The van der Waals surface area contributed by atoms with Crippen LogP contribution in [0.2, 0.25) is 0 Å². The number of nitrogen functional groups attached to an aromatic ring is 1. The summed E-state index contributed by atoms with van der Waals surface area (Å²) >= 11 is 0. The van der Waals surface area contributed by atoms with Gasteiger partial charge in [0.25, 0.3) is 0 Å². The minimum Gasteiger partial charge on any atom is -0.399 e. The van der Waals surface area contributed by atoms with Gasteiger partial charge in [-0.25, -0.2) is 0 Å². The van der Waals surface area contributed by atoms with E-state index >= 15 is 0 Å². The summed E-state index contributed by atoms with van der Waals surface area (Å²) in [4.78, 5) is 0. The zero-order chi connectivity index (χ0) is 10.8. The Bertz CT molecular complexity index is 323. The van der Waals surface area contributed by atoms with E-state index in [1.807, 2.05) is 0 Å². The fourth-order valence-electron chi connectivity index (χ4n) is 0.959. The zero-order valence-corrected chi connectivity index (χ0v) is 7.92. The molecule has 1 rings (SSSR count). The molecule has 0 radical (unpaired) electrons. The van der Waals surface area contributed by atoms with Gasteiger partial charge < -0.3 is 16.6 Å². The Labute approximate surface area is 87.0 Å². The Hall–Kier alpha value is -0.770. The summed E-state index contributed by atoms with van der Waals surface area (Å²) in [5.74, 6) is 0. The number of rotatable bonds is 3. The van der Waals surface area contributed by atoms with Gasteiger partial charge in [0.05, 0.1) is 6.10 Å². The molecule has 5 N–H and O–H groups in total. The minimum atomic E-state index is -1.83. The molecule has 0 heterocycles. The van der Waals surface area contributed by atoms with Gasteiger partial charge in [0, 0.05) is 8.43 Å². The summed E-state index contributed by atoms with van der Waals surface area (Å²) in [5, 5.41) is 9.66. The minimum absolute atomic E-state index is 0. The number of benzene rings is 1. The summed E-state index contributed by atoms with van der Waals surface area (Å²) in [6.07, 6.45) is -3.07. The molecular weight excluding hydrogens is 188 g/mol. The highest BCUT2D eigenvalue weighted by molar-refractivity contribution is 5.85. The Morgan fingerprint density at radius 1 is 1.54 bits per heavy atom. The molecule has 0 bridgehead atoms. The van der Waals surface area contributed by atoms with Gasteiger partial charge in [0.1, 0.15) is 0 Å². The van der Waals surface area contributed by atoms with Crippen LogP contribution in [0.25, 0.3) is 0 Å². The van der Waals surface area contributed by atoms with E-state index < -0.39 is 12.5 Å². The topological polar surface area (TPSA) is 72.3 Å².